The van der Waals surface area contributed by atoms with Gasteiger partial charge in [0, 0.05) is 37.3 Å². The third-order valence-corrected chi connectivity index (χ3v) is 4.71. The first-order chi connectivity index (χ1) is 7.59. The first kappa shape index (κ1) is 12.4. The quantitative estimate of drug-likeness (QED) is 0.708. The smallest absolute Gasteiger partial charge is 0.0111 e. The summed E-state index contributed by atoms with van der Waals surface area (Å²) in [5.74, 6) is 0. The SMILES string of the molecule is CC(CC[C@H]1CCN1C(C)C)N1CCC1C. The number of nitrogens with zero attached hydrogens (tertiary/aromatic N) is 2. The molecule has 0 aromatic rings. The minimum Gasteiger partial charge on any atom is -0.298 e. The van der Waals surface area contributed by atoms with E-state index < -0.39 is 0 Å². The van der Waals surface area contributed by atoms with Gasteiger partial charge in [0.2, 0.25) is 0 Å². The maximum absolute atomic E-state index is 2.67. The number of likely N-dealkylation sites (tertiary alicyclic amines) is 2. The van der Waals surface area contributed by atoms with E-state index in [0.717, 1.165) is 24.2 Å². The van der Waals surface area contributed by atoms with Crippen molar-refractivity contribution in [3.05, 3.63) is 0 Å². The second-order valence-electron chi connectivity index (χ2n) is 6.08. The standard InChI is InChI=1S/C14H28N2/c1-11(2)15-10-8-14(15)6-5-12(3)16-9-7-13(16)4/h11-14H,5-10H2,1-4H3/t12?,13?,14-/m0/s1. The summed E-state index contributed by atoms with van der Waals surface area (Å²) in [6.45, 7) is 12.1. The van der Waals surface area contributed by atoms with E-state index in [4.69, 9.17) is 0 Å². The van der Waals surface area contributed by atoms with Crippen molar-refractivity contribution < 1.29 is 0 Å². The van der Waals surface area contributed by atoms with Crippen LogP contribution in [0, 0.1) is 0 Å². The lowest BCUT2D eigenvalue weighted by molar-refractivity contribution is 0.0244. The van der Waals surface area contributed by atoms with E-state index in [-0.39, 0.29) is 0 Å². The van der Waals surface area contributed by atoms with Gasteiger partial charge in [0.15, 0.2) is 0 Å². The molecule has 2 unspecified atom stereocenters. The van der Waals surface area contributed by atoms with Crippen LogP contribution in [0.15, 0.2) is 0 Å². The lowest BCUT2D eigenvalue weighted by Crippen LogP contribution is -2.53. The molecule has 0 amide bonds. The Morgan fingerprint density at radius 3 is 2.12 bits per heavy atom. The fourth-order valence-corrected chi connectivity index (χ4v) is 3.24. The number of hydrogen-bond acceptors (Lipinski definition) is 2. The Bertz CT molecular complexity index is 214. The van der Waals surface area contributed by atoms with E-state index >= 15 is 0 Å². The largest absolute Gasteiger partial charge is 0.298 e. The Kier molecular flexibility index (Phi) is 3.91. The van der Waals surface area contributed by atoms with Crippen LogP contribution in [0.5, 0.6) is 0 Å². The number of hydrogen-bond donors (Lipinski definition) is 0. The minimum atomic E-state index is 0.747. The first-order valence-electron chi connectivity index (χ1n) is 7.11. The van der Waals surface area contributed by atoms with E-state index in [9.17, 15) is 0 Å². The summed E-state index contributed by atoms with van der Waals surface area (Å²) >= 11 is 0. The molecule has 2 nitrogen and oxygen atoms in total. The lowest BCUT2D eigenvalue weighted by Gasteiger charge is -2.47. The van der Waals surface area contributed by atoms with E-state index in [1.165, 1.54) is 38.8 Å². The van der Waals surface area contributed by atoms with Crippen LogP contribution >= 0.6 is 0 Å². The highest BCUT2D eigenvalue weighted by Crippen LogP contribution is 2.28. The molecular weight excluding hydrogens is 196 g/mol. The van der Waals surface area contributed by atoms with Gasteiger partial charge in [-0.3, -0.25) is 9.80 Å². The van der Waals surface area contributed by atoms with Gasteiger partial charge in [-0.05, 0) is 53.4 Å². The van der Waals surface area contributed by atoms with Crippen molar-refractivity contribution in [3.8, 4) is 0 Å². The Balaban J connectivity index is 1.67. The highest BCUT2D eigenvalue weighted by atomic mass is 15.2. The van der Waals surface area contributed by atoms with Crippen molar-refractivity contribution in [3.63, 3.8) is 0 Å². The van der Waals surface area contributed by atoms with Gasteiger partial charge in [0.1, 0.15) is 0 Å². The van der Waals surface area contributed by atoms with Crippen LogP contribution in [-0.4, -0.2) is 47.1 Å². The van der Waals surface area contributed by atoms with E-state index in [2.05, 4.69) is 37.5 Å². The molecule has 2 rings (SSSR count). The summed E-state index contributed by atoms with van der Waals surface area (Å²) in [6.07, 6.45) is 5.63. The molecule has 2 heteroatoms. The summed E-state index contributed by atoms with van der Waals surface area (Å²) in [7, 11) is 0. The van der Waals surface area contributed by atoms with Crippen molar-refractivity contribution in [1.29, 1.82) is 0 Å². The molecular formula is C14H28N2. The Labute approximate surface area is 101 Å². The molecule has 0 N–H and O–H groups in total. The van der Waals surface area contributed by atoms with Crippen LogP contribution in [0.1, 0.15) is 53.4 Å². The third-order valence-electron chi connectivity index (χ3n) is 4.71. The fourth-order valence-electron chi connectivity index (χ4n) is 3.24. The highest BCUT2D eigenvalue weighted by molar-refractivity contribution is 4.88. The molecule has 0 bridgehead atoms. The molecule has 0 aliphatic carbocycles. The van der Waals surface area contributed by atoms with Gasteiger partial charge in [-0.25, -0.2) is 0 Å². The molecule has 0 aromatic carbocycles. The van der Waals surface area contributed by atoms with Gasteiger partial charge in [0.25, 0.3) is 0 Å². The van der Waals surface area contributed by atoms with Crippen LogP contribution in [-0.2, 0) is 0 Å². The zero-order chi connectivity index (χ0) is 11.7. The average molecular weight is 224 g/mol. The Morgan fingerprint density at radius 2 is 1.75 bits per heavy atom. The van der Waals surface area contributed by atoms with Crippen molar-refractivity contribution >= 4 is 0 Å². The summed E-state index contributed by atoms with van der Waals surface area (Å²) in [6, 6.07) is 3.28. The second-order valence-corrected chi connectivity index (χ2v) is 6.08. The fraction of sp³-hybridized carbons (Fsp3) is 1.00. The van der Waals surface area contributed by atoms with Gasteiger partial charge < -0.3 is 0 Å². The molecule has 2 saturated heterocycles. The first-order valence-corrected chi connectivity index (χ1v) is 7.11. The maximum Gasteiger partial charge on any atom is 0.0111 e. The van der Waals surface area contributed by atoms with Crippen molar-refractivity contribution in [2.75, 3.05) is 13.1 Å². The Hall–Kier alpha value is -0.0800. The van der Waals surface area contributed by atoms with Crippen LogP contribution in [0.3, 0.4) is 0 Å². The van der Waals surface area contributed by atoms with Crippen molar-refractivity contribution in [1.82, 2.24) is 9.80 Å². The maximum atomic E-state index is 2.67. The third kappa shape index (κ3) is 2.43. The van der Waals surface area contributed by atoms with E-state index in [1.54, 1.807) is 0 Å². The Morgan fingerprint density at radius 1 is 1.06 bits per heavy atom. The summed E-state index contributed by atoms with van der Waals surface area (Å²) in [4.78, 5) is 5.32. The minimum absolute atomic E-state index is 0.747. The molecule has 0 aromatic heterocycles. The molecule has 16 heavy (non-hydrogen) atoms. The average Bonchev–Trinajstić information content (AvgIpc) is 2.12. The molecule has 2 aliphatic rings. The number of rotatable bonds is 5. The van der Waals surface area contributed by atoms with Crippen molar-refractivity contribution in [2.45, 2.75) is 77.5 Å². The van der Waals surface area contributed by atoms with Crippen LogP contribution < -0.4 is 0 Å². The van der Waals surface area contributed by atoms with Gasteiger partial charge in [-0.2, -0.15) is 0 Å². The van der Waals surface area contributed by atoms with E-state index in [1.807, 2.05) is 0 Å². The molecule has 94 valence electrons. The van der Waals surface area contributed by atoms with Gasteiger partial charge in [-0.15, -0.1) is 0 Å². The normalized spacial score (nSPS) is 33.6. The second kappa shape index (κ2) is 5.05. The topological polar surface area (TPSA) is 6.48 Å². The zero-order valence-electron chi connectivity index (χ0n) is 11.4. The molecule has 0 spiro atoms. The highest BCUT2D eigenvalue weighted by Gasteiger charge is 2.32. The molecule has 2 heterocycles. The zero-order valence-corrected chi connectivity index (χ0v) is 11.4. The molecule has 0 radical (unpaired) electrons. The molecule has 3 atom stereocenters. The van der Waals surface area contributed by atoms with E-state index in [0.29, 0.717) is 0 Å². The van der Waals surface area contributed by atoms with Crippen LogP contribution in [0.4, 0.5) is 0 Å². The molecule has 2 fully saturated rings. The molecule has 0 saturated carbocycles. The molecule has 2 aliphatic heterocycles. The monoisotopic (exact) mass is 224 g/mol. The van der Waals surface area contributed by atoms with Gasteiger partial charge in [-0.1, -0.05) is 0 Å². The van der Waals surface area contributed by atoms with Gasteiger partial charge in [0.05, 0.1) is 0 Å². The predicted octanol–water partition coefficient (Wildman–Crippen LogP) is 2.73. The summed E-state index contributed by atoms with van der Waals surface area (Å²) in [5.41, 5.74) is 0. The predicted molar refractivity (Wildman–Crippen MR) is 69.7 cm³/mol. The van der Waals surface area contributed by atoms with Crippen molar-refractivity contribution in [2.24, 2.45) is 0 Å². The van der Waals surface area contributed by atoms with Crippen LogP contribution in [0.25, 0.3) is 0 Å². The van der Waals surface area contributed by atoms with Crippen LogP contribution in [0.2, 0.25) is 0 Å². The lowest BCUT2D eigenvalue weighted by atomic mass is 9.92. The van der Waals surface area contributed by atoms with Gasteiger partial charge >= 0.3 is 0 Å². The summed E-state index contributed by atoms with van der Waals surface area (Å²) < 4.78 is 0. The summed E-state index contributed by atoms with van der Waals surface area (Å²) in [5, 5.41) is 0.